The summed E-state index contributed by atoms with van der Waals surface area (Å²) in [4.78, 5) is 6.84. The fourth-order valence-corrected chi connectivity index (χ4v) is 2.50. The van der Waals surface area contributed by atoms with Gasteiger partial charge in [0.25, 0.3) is 0 Å². The summed E-state index contributed by atoms with van der Waals surface area (Å²) in [6.07, 6.45) is 2.24. The van der Waals surface area contributed by atoms with E-state index in [0.717, 1.165) is 37.4 Å². The Hall–Kier alpha value is -0.930. The zero-order valence-electron chi connectivity index (χ0n) is 11.3. The zero-order chi connectivity index (χ0) is 12.5. The van der Waals surface area contributed by atoms with Crippen molar-refractivity contribution in [1.82, 2.24) is 9.88 Å². The lowest BCUT2D eigenvalue weighted by Crippen LogP contribution is -2.25. The minimum absolute atomic E-state index is 0.133. The van der Waals surface area contributed by atoms with Crippen molar-refractivity contribution in [3.8, 4) is 0 Å². The molecule has 0 unspecified atom stereocenters. The molecule has 0 radical (unpaired) electrons. The van der Waals surface area contributed by atoms with Crippen LogP contribution >= 0.6 is 0 Å². The first kappa shape index (κ1) is 12.5. The van der Waals surface area contributed by atoms with Crippen molar-refractivity contribution in [3.63, 3.8) is 0 Å². The number of aromatic nitrogens is 1. The molecule has 0 spiro atoms. The monoisotopic (exact) mass is 234 g/mol. The topological polar surface area (TPSA) is 25.4 Å². The van der Waals surface area contributed by atoms with Crippen LogP contribution in [0.25, 0.3) is 0 Å². The van der Waals surface area contributed by atoms with E-state index in [9.17, 15) is 0 Å². The first-order valence-electron chi connectivity index (χ1n) is 6.27. The third-order valence-electron chi connectivity index (χ3n) is 3.37. The third kappa shape index (κ3) is 2.67. The van der Waals surface area contributed by atoms with Crippen LogP contribution in [0.5, 0.6) is 0 Å². The fourth-order valence-electron chi connectivity index (χ4n) is 2.50. The van der Waals surface area contributed by atoms with E-state index in [0.29, 0.717) is 0 Å². The number of hydrogen-bond donors (Lipinski definition) is 0. The van der Waals surface area contributed by atoms with Gasteiger partial charge in [-0.25, -0.2) is 0 Å². The maximum atomic E-state index is 5.93. The number of pyridine rings is 1. The van der Waals surface area contributed by atoms with Crippen molar-refractivity contribution in [3.05, 3.63) is 29.1 Å². The van der Waals surface area contributed by atoms with Crippen molar-refractivity contribution in [1.29, 1.82) is 0 Å². The number of aryl methyl sites for hydroxylation is 1. The Bertz CT molecular complexity index is 395. The van der Waals surface area contributed by atoms with Gasteiger partial charge in [0.2, 0.25) is 0 Å². The molecule has 0 N–H and O–H groups in total. The van der Waals surface area contributed by atoms with Crippen molar-refractivity contribution in [2.45, 2.75) is 38.8 Å². The standard InChI is InChI=1S/C14H22N2O/c1-11-6-7-12(13(15-11)10-16(3)4)14(2)8-5-9-17-14/h6-7H,5,8-10H2,1-4H3/t14-/m0/s1. The summed E-state index contributed by atoms with van der Waals surface area (Å²) >= 11 is 0. The highest BCUT2D eigenvalue weighted by molar-refractivity contribution is 5.29. The molecule has 1 aliphatic rings. The molecule has 17 heavy (non-hydrogen) atoms. The maximum Gasteiger partial charge on any atom is 0.0922 e. The smallest absolute Gasteiger partial charge is 0.0922 e. The largest absolute Gasteiger partial charge is 0.371 e. The van der Waals surface area contributed by atoms with E-state index >= 15 is 0 Å². The first-order valence-corrected chi connectivity index (χ1v) is 6.27. The average molecular weight is 234 g/mol. The van der Waals surface area contributed by atoms with Gasteiger partial charge < -0.3 is 9.64 Å². The number of ether oxygens (including phenoxy) is 1. The fraction of sp³-hybridized carbons (Fsp3) is 0.643. The summed E-state index contributed by atoms with van der Waals surface area (Å²) in [6, 6.07) is 4.27. The molecule has 2 heterocycles. The lowest BCUT2D eigenvalue weighted by atomic mass is 9.91. The van der Waals surface area contributed by atoms with Crippen LogP contribution in [0, 0.1) is 6.92 Å². The maximum absolute atomic E-state index is 5.93. The molecular formula is C14H22N2O. The van der Waals surface area contributed by atoms with Crippen LogP contribution in [-0.4, -0.2) is 30.6 Å². The van der Waals surface area contributed by atoms with Gasteiger partial charge in [-0.2, -0.15) is 0 Å². The quantitative estimate of drug-likeness (QED) is 0.803. The van der Waals surface area contributed by atoms with Gasteiger partial charge in [0.1, 0.15) is 0 Å². The van der Waals surface area contributed by atoms with E-state index in [1.165, 1.54) is 5.56 Å². The van der Waals surface area contributed by atoms with E-state index in [2.05, 4.69) is 43.0 Å². The SMILES string of the molecule is Cc1ccc([C@]2(C)CCCO2)c(CN(C)C)n1. The summed E-state index contributed by atoms with van der Waals surface area (Å²) < 4.78 is 5.93. The van der Waals surface area contributed by atoms with Crippen LogP contribution in [0.2, 0.25) is 0 Å². The van der Waals surface area contributed by atoms with E-state index < -0.39 is 0 Å². The van der Waals surface area contributed by atoms with Crippen molar-refractivity contribution >= 4 is 0 Å². The first-order chi connectivity index (χ1) is 8.01. The Balaban J connectivity index is 2.38. The van der Waals surface area contributed by atoms with Crippen LogP contribution in [0.1, 0.15) is 36.7 Å². The van der Waals surface area contributed by atoms with Crippen molar-refractivity contribution in [2.24, 2.45) is 0 Å². The molecule has 0 amide bonds. The predicted molar refractivity (Wildman–Crippen MR) is 68.9 cm³/mol. The molecule has 1 saturated heterocycles. The van der Waals surface area contributed by atoms with Gasteiger partial charge in [-0.3, -0.25) is 4.98 Å². The Morgan fingerprint density at radius 2 is 2.18 bits per heavy atom. The van der Waals surface area contributed by atoms with E-state index in [1.54, 1.807) is 0 Å². The van der Waals surface area contributed by atoms with Crippen molar-refractivity contribution < 1.29 is 4.74 Å². The van der Waals surface area contributed by atoms with Gasteiger partial charge >= 0.3 is 0 Å². The van der Waals surface area contributed by atoms with Crippen LogP contribution in [-0.2, 0) is 16.9 Å². The predicted octanol–water partition coefficient (Wildman–Crippen LogP) is 2.48. The second-order valence-corrected chi connectivity index (χ2v) is 5.37. The van der Waals surface area contributed by atoms with E-state index in [4.69, 9.17) is 4.74 Å². The lowest BCUT2D eigenvalue weighted by Gasteiger charge is -2.27. The molecule has 1 aliphatic heterocycles. The van der Waals surface area contributed by atoms with Gasteiger partial charge in [-0.15, -0.1) is 0 Å². The Labute approximate surface area is 104 Å². The minimum Gasteiger partial charge on any atom is -0.371 e. The van der Waals surface area contributed by atoms with Crippen molar-refractivity contribution in [2.75, 3.05) is 20.7 Å². The Morgan fingerprint density at radius 3 is 2.76 bits per heavy atom. The van der Waals surface area contributed by atoms with Crippen LogP contribution in [0.3, 0.4) is 0 Å². The summed E-state index contributed by atoms with van der Waals surface area (Å²) in [7, 11) is 4.15. The highest BCUT2D eigenvalue weighted by Gasteiger charge is 2.34. The number of rotatable bonds is 3. The Kier molecular flexibility index (Phi) is 3.50. The van der Waals surface area contributed by atoms with Crippen LogP contribution in [0.15, 0.2) is 12.1 Å². The molecule has 0 saturated carbocycles. The molecule has 1 atom stereocenters. The molecule has 0 aromatic carbocycles. The second-order valence-electron chi connectivity index (χ2n) is 5.37. The van der Waals surface area contributed by atoms with Gasteiger partial charge in [0.05, 0.1) is 11.3 Å². The molecule has 0 bridgehead atoms. The molecular weight excluding hydrogens is 212 g/mol. The van der Waals surface area contributed by atoms with Gasteiger partial charge in [0.15, 0.2) is 0 Å². The molecule has 3 nitrogen and oxygen atoms in total. The molecule has 2 rings (SSSR count). The molecule has 0 aliphatic carbocycles. The lowest BCUT2D eigenvalue weighted by molar-refractivity contribution is 0.0153. The Morgan fingerprint density at radius 1 is 1.41 bits per heavy atom. The molecule has 1 fully saturated rings. The molecule has 3 heteroatoms. The number of hydrogen-bond acceptors (Lipinski definition) is 3. The van der Waals surface area contributed by atoms with Gasteiger partial charge in [0, 0.05) is 24.4 Å². The van der Waals surface area contributed by atoms with Gasteiger partial charge in [-0.05, 0) is 46.9 Å². The molecule has 94 valence electrons. The minimum atomic E-state index is -0.133. The third-order valence-corrected chi connectivity index (χ3v) is 3.37. The molecule has 1 aromatic rings. The molecule has 1 aromatic heterocycles. The summed E-state index contributed by atoms with van der Waals surface area (Å²) in [5, 5.41) is 0. The van der Waals surface area contributed by atoms with E-state index in [-0.39, 0.29) is 5.60 Å². The normalized spacial score (nSPS) is 24.5. The number of nitrogens with zero attached hydrogens (tertiary/aromatic N) is 2. The highest BCUT2D eigenvalue weighted by Crippen LogP contribution is 2.37. The van der Waals surface area contributed by atoms with Crippen LogP contribution in [0.4, 0.5) is 0 Å². The van der Waals surface area contributed by atoms with Crippen LogP contribution < -0.4 is 0 Å². The van der Waals surface area contributed by atoms with Gasteiger partial charge in [-0.1, -0.05) is 6.07 Å². The zero-order valence-corrected chi connectivity index (χ0v) is 11.3. The van der Waals surface area contributed by atoms with E-state index in [1.807, 2.05) is 6.92 Å². The summed E-state index contributed by atoms with van der Waals surface area (Å²) in [6.45, 7) is 5.97. The second kappa shape index (κ2) is 4.75. The highest BCUT2D eigenvalue weighted by atomic mass is 16.5. The summed E-state index contributed by atoms with van der Waals surface area (Å²) in [5.74, 6) is 0. The summed E-state index contributed by atoms with van der Waals surface area (Å²) in [5.41, 5.74) is 3.35. The average Bonchev–Trinajstić information content (AvgIpc) is 2.65.